The van der Waals surface area contributed by atoms with Crippen molar-refractivity contribution in [1.82, 2.24) is 0 Å². The maximum atomic E-state index is 11.6. The van der Waals surface area contributed by atoms with Crippen molar-refractivity contribution in [2.24, 2.45) is 11.1 Å². The van der Waals surface area contributed by atoms with Crippen molar-refractivity contribution >= 4 is 21.4 Å². The Morgan fingerprint density at radius 2 is 1.71 bits per heavy atom. The summed E-state index contributed by atoms with van der Waals surface area (Å²) in [6.07, 6.45) is 1.98. The molecule has 4 N–H and O–H groups in total. The van der Waals surface area contributed by atoms with E-state index in [0.29, 0.717) is 17.6 Å². The number of sulfonamides is 1. The van der Waals surface area contributed by atoms with Crippen LogP contribution < -0.4 is 15.8 Å². The first-order valence-corrected chi connectivity index (χ1v) is 8.93. The molecular weight excluding hydrogens is 286 g/mol. The fraction of sp³-hybridized carbons (Fsp3) is 0.600. The second kappa shape index (κ2) is 7.13. The first-order chi connectivity index (χ1) is 9.68. The van der Waals surface area contributed by atoms with E-state index in [4.69, 9.17) is 10.9 Å². The number of rotatable bonds is 7. The van der Waals surface area contributed by atoms with Gasteiger partial charge in [0.25, 0.3) is 0 Å². The summed E-state index contributed by atoms with van der Waals surface area (Å²) in [5.41, 5.74) is 7.10. The molecule has 6 heteroatoms. The lowest BCUT2D eigenvalue weighted by Crippen LogP contribution is -2.37. The van der Waals surface area contributed by atoms with Crippen LogP contribution in [0.4, 0.5) is 11.4 Å². The van der Waals surface area contributed by atoms with Crippen LogP contribution in [0, 0.1) is 5.92 Å². The van der Waals surface area contributed by atoms with E-state index in [-0.39, 0.29) is 4.90 Å². The molecule has 0 aliphatic heterocycles. The normalized spacial score (nSPS) is 12.1. The summed E-state index contributed by atoms with van der Waals surface area (Å²) >= 11 is 0. The zero-order valence-corrected chi connectivity index (χ0v) is 14.2. The van der Waals surface area contributed by atoms with Crippen molar-refractivity contribution in [3.05, 3.63) is 18.2 Å². The van der Waals surface area contributed by atoms with Crippen molar-refractivity contribution < 1.29 is 8.42 Å². The number of nitrogen functional groups attached to an aromatic ring is 1. The third-order valence-corrected chi connectivity index (χ3v) is 4.41. The average molecular weight is 313 g/mol. The summed E-state index contributed by atoms with van der Waals surface area (Å²) in [7, 11) is -3.76. The van der Waals surface area contributed by atoms with Crippen LogP contribution in [-0.2, 0) is 10.0 Å². The Bertz CT molecular complexity index is 566. The molecule has 0 atom stereocenters. The van der Waals surface area contributed by atoms with Gasteiger partial charge in [-0.2, -0.15) is 0 Å². The summed E-state index contributed by atoms with van der Waals surface area (Å²) in [5.74, 6) is 0.463. The van der Waals surface area contributed by atoms with Gasteiger partial charge in [-0.3, -0.25) is 0 Å². The fourth-order valence-electron chi connectivity index (χ4n) is 2.52. The molecule has 0 fully saturated rings. The molecule has 0 saturated heterocycles. The van der Waals surface area contributed by atoms with Crippen LogP contribution >= 0.6 is 0 Å². The van der Waals surface area contributed by atoms with Gasteiger partial charge < -0.3 is 10.6 Å². The Hall–Kier alpha value is -1.27. The maximum absolute atomic E-state index is 11.6. The van der Waals surface area contributed by atoms with Gasteiger partial charge in [0.1, 0.15) is 0 Å². The minimum absolute atomic E-state index is 0.0669. The third kappa shape index (κ3) is 4.89. The van der Waals surface area contributed by atoms with Gasteiger partial charge in [0.2, 0.25) is 10.0 Å². The molecule has 0 bridgehead atoms. The molecule has 0 spiro atoms. The van der Waals surface area contributed by atoms with E-state index in [1.807, 2.05) is 6.07 Å². The Balaban J connectivity index is 3.33. The van der Waals surface area contributed by atoms with E-state index in [9.17, 15) is 8.42 Å². The molecule has 0 amide bonds. The van der Waals surface area contributed by atoms with Gasteiger partial charge in [-0.25, -0.2) is 13.6 Å². The Labute approximate surface area is 128 Å². The largest absolute Gasteiger partial charge is 0.399 e. The Morgan fingerprint density at radius 1 is 1.14 bits per heavy atom. The molecule has 0 aromatic heterocycles. The molecule has 0 unspecified atom stereocenters. The van der Waals surface area contributed by atoms with E-state index in [0.717, 1.165) is 25.1 Å². The van der Waals surface area contributed by atoms with Crippen molar-refractivity contribution in [3.8, 4) is 0 Å². The first-order valence-electron chi connectivity index (χ1n) is 7.39. The molecule has 0 aliphatic carbocycles. The number of nitrogens with zero attached hydrogens (tertiary/aromatic N) is 1. The minimum atomic E-state index is -3.76. The summed E-state index contributed by atoms with van der Waals surface area (Å²) in [4.78, 5) is 2.30. The lowest BCUT2D eigenvalue weighted by atomic mass is 10.1. The lowest BCUT2D eigenvalue weighted by Gasteiger charge is -2.34. The Kier molecular flexibility index (Phi) is 6.04. The third-order valence-electron chi connectivity index (χ3n) is 3.52. The highest BCUT2D eigenvalue weighted by Gasteiger charge is 2.19. The van der Waals surface area contributed by atoms with Crippen LogP contribution in [0.1, 0.15) is 40.5 Å². The summed E-state index contributed by atoms with van der Waals surface area (Å²) in [6.45, 7) is 9.40. The van der Waals surface area contributed by atoms with Gasteiger partial charge in [-0.05, 0) is 37.0 Å². The number of anilines is 2. The van der Waals surface area contributed by atoms with Gasteiger partial charge in [0, 0.05) is 24.0 Å². The van der Waals surface area contributed by atoms with E-state index in [1.165, 1.54) is 6.07 Å². The van der Waals surface area contributed by atoms with E-state index in [2.05, 4.69) is 32.6 Å². The standard InChI is InChI=1S/C15H27N3O2S/c1-5-13(6-2)18(10-11(3)4)14-7-12(16)8-15(9-14)21(17,19)20/h7-9,11,13H,5-6,10,16H2,1-4H3,(H2,17,19,20). The molecule has 1 aromatic rings. The highest BCUT2D eigenvalue weighted by atomic mass is 32.2. The second-order valence-electron chi connectivity index (χ2n) is 5.82. The zero-order chi connectivity index (χ0) is 16.2. The van der Waals surface area contributed by atoms with E-state index in [1.54, 1.807) is 6.07 Å². The summed E-state index contributed by atoms with van der Waals surface area (Å²) in [6, 6.07) is 5.18. The zero-order valence-electron chi connectivity index (χ0n) is 13.3. The van der Waals surface area contributed by atoms with Gasteiger partial charge >= 0.3 is 0 Å². The predicted molar refractivity (Wildman–Crippen MR) is 88.8 cm³/mol. The van der Waals surface area contributed by atoms with Crippen LogP contribution in [0.25, 0.3) is 0 Å². The SMILES string of the molecule is CCC(CC)N(CC(C)C)c1cc(N)cc(S(N)(=O)=O)c1. The Morgan fingerprint density at radius 3 is 2.14 bits per heavy atom. The van der Waals surface area contributed by atoms with Crippen molar-refractivity contribution in [3.63, 3.8) is 0 Å². The minimum Gasteiger partial charge on any atom is -0.399 e. The lowest BCUT2D eigenvalue weighted by molar-refractivity contribution is 0.507. The van der Waals surface area contributed by atoms with Crippen LogP contribution in [0.3, 0.4) is 0 Å². The molecule has 5 nitrogen and oxygen atoms in total. The van der Waals surface area contributed by atoms with E-state index < -0.39 is 10.0 Å². The van der Waals surface area contributed by atoms with Gasteiger partial charge in [-0.15, -0.1) is 0 Å². The second-order valence-corrected chi connectivity index (χ2v) is 7.38. The molecule has 0 aliphatic rings. The molecule has 0 radical (unpaired) electrons. The van der Waals surface area contributed by atoms with Crippen molar-refractivity contribution in [1.29, 1.82) is 0 Å². The molecule has 120 valence electrons. The number of hydrogen-bond acceptors (Lipinski definition) is 4. The number of hydrogen-bond donors (Lipinski definition) is 2. The monoisotopic (exact) mass is 313 g/mol. The summed E-state index contributed by atoms with van der Waals surface area (Å²) < 4.78 is 23.2. The van der Waals surface area contributed by atoms with Gasteiger partial charge in [0.15, 0.2) is 0 Å². The van der Waals surface area contributed by atoms with Crippen LogP contribution in [0.5, 0.6) is 0 Å². The molecule has 1 rings (SSSR count). The molecule has 0 saturated carbocycles. The maximum Gasteiger partial charge on any atom is 0.238 e. The summed E-state index contributed by atoms with van der Waals surface area (Å²) in [5, 5.41) is 5.24. The van der Waals surface area contributed by atoms with Gasteiger partial charge in [0.05, 0.1) is 4.90 Å². The highest BCUT2D eigenvalue weighted by Crippen LogP contribution is 2.27. The topological polar surface area (TPSA) is 89.4 Å². The number of primary sulfonamides is 1. The smallest absolute Gasteiger partial charge is 0.238 e. The fourth-order valence-corrected chi connectivity index (χ4v) is 3.11. The quantitative estimate of drug-likeness (QED) is 0.757. The average Bonchev–Trinajstić information content (AvgIpc) is 2.36. The van der Waals surface area contributed by atoms with Crippen molar-refractivity contribution in [2.75, 3.05) is 17.2 Å². The molecule has 1 aromatic carbocycles. The number of benzene rings is 1. The first kappa shape index (κ1) is 17.8. The molecule has 21 heavy (non-hydrogen) atoms. The van der Waals surface area contributed by atoms with Crippen LogP contribution in [-0.4, -0.2) is 21.0 Å². The van der Waals surface area contributed by atoms with Crippen LogP contribution in [0.2, 0.25) is 0 Å². The number of nitrogens with two attached hydrogens (primary N) is 2. The van der Waals surface area contributed by atoms with Crippen LogP contribution in [0.15, 0.2) is 23.1 Å². The molecule has 0 heterocycles. The van der Waals surface area contributed by atoms with Crippen molar-refractivity contribution in [2.45, 2.75) is 51.5 Å². The molecular formula is C15H27N3O2S. The van der Waals surface area contributed by atoms with E-state index >= 15 is 0 Å². The predicted octanol–water partition coefficient (Wildman–Crippen LogP) is 2.57. The van der Waals surface area contributed by atoms with Gasteiger partial charge in [-0.1, -0.05) is 27.7 Å². The highest BCUT2D eigenvalue weighted by molar-refractivity contribution is 7.89.